The maximum absolute atomic E-state index is 13.9. The van der Waals surface area contributed by atoms with Gasteiger partial charge in [0.1, 0.15) is 6.07 Å². The molecule has 1 aliphatic rings. The minimum atomic E-state index is -1.06. The molecule has 2 rings (SSSR count). The molecule has 0 atom stereocenters. The lowest BCUT2D eigenvalue weighted by atomic mass is 9.96. The first kappa shape index (κ1) is 14.7. The molecule has 0 N–H and O–H groups in total. The average Bonchev–Trinajstić information content (AvgIpc) is 2.44. The van der Waals surface area contributed by atoms with E-state index in [4.69, 9.17) is 5.26 Å². The summed E-state index contributed by atoms with van der Waals surface area (Å²) in [5.41, 5.74) is -0.0284. The monoisotopic (exact) mass is 279 g/mol. The zero-order valence-corrected chi connectivity index (χ0v) is 11.9. The highest BCUT2D eigenvalue weighted by molar-refractivity contribution is 5.51. The summed E-state index contributed by atoms with van der Waals surface area (Å²) in [6.45, 7) is 2.79. The fourth-order valence-electron chi connectivity index (χ4n) is 2.65. The predicted molar refractivity (Wildman–Crippen MR) is 74.6 cm³/mol. The Balaban J connectivity index is 2.08. The Morgan fingerprint density at radius 3 is 2.55 bits per heavy atom. The van der Waals surface area contributed by atoms with E-state index in [9.17, 15) is 8.78 Å². The molecule has 1 heterocycles. The van der Waals surface area contributed by atoms with Gasteiger partial charge < -0.3 is 9.80 Å². The van der Waals surface area contributed by atoms with Gasteiger partial charge in [0.2, 0.25) is 0 Å². The van der Waals surface area contributed by atoms with Crippen molar-refractivity contribution in [2.75, 3.05) is 38.6 Å². The molecule has 1 aromatic rings. The highest BCUT2D eigenvalue weighted by Crippen LogP contribution is 2.25. The van der Waals surface area contributed by atoms with Crippen LogP contribution in [-0.4, -0.2) is 38.6 Å². The zero-order chi connectivity index (χ0) is 14.7. The van der Waals surface area contributed by atoms with Crippen LogP contribution in [-0.2, 0) is 0 Å². The van der Waals surface area contributed by atoms with Crippen molar-refractivity contribution in [2.24, 2.45) is 5.92 Å². The molecule has 0 spiro atoms. The first-order valence-corrected chi connectivity index (χ1v) is 6.80. The standard InChI is InChI=1S/C15H19F2N3/c1-19-7-5-11(6-8-19)10-20(2)13-4-3-12(9-18)14(16)15(13)17/h3-4,11H,5-8,10H2,1-2H3. The summed E-state index contributed by atoms with van der Waals surface area (Å²) in [7, 11) is 3.86. The number of anilines is 1. The number of piperidine rings is 1. The number of halogens is 2. The largest absolute Gasteiger partial charge is 0.372 e. The topological polar surface area (TPSA) is 30.3 Å². The third-order valence-electron chi connectivity index (χ3n) is 3.96. The van der Waals surface area contributed by atoms with Crippen LogP contribution in [0.15, 0.2) is 12.1 Å². The van der Waals surface area contributed by atoms with Crippen LogP contribution < -0.4 is 4.90 Å². The molecule has 0 amide bonds. The Morgan fingerprint density at radius 1 is 1.30 bits per heavy atom. The number of hydrogen-bond acceptors (Lipinski definition) is 3. The fourth-order valence-corrected chi connectivity index (χ4v) is 2.65. The Kier molecular flexibility index (Phi) is 4.56. The van der Waals surface area contributed by atoms with Gasteiger partial charge in [-0.1, -0.05) is 0 Å². The summed E-state index contributed by atoms with van der Waals surface area (Å²) < 4.78 is 27.6. The van der Waals surface area contributed by atoms with Gasteiger partial charge in [-0.2, -0.15) is 5.26 Å². The zero-order valence-electron chi connectivity index (χ0n) is 11.9. The van der Waals surface area contributed by atoms with Crippen molar-refractivity contribution in [3.05, 3.63) is 29.3 Å². The molecule has 0 unspecified atom stereocenters. The number of hydrogen-bond donors (Lipinski definition) is 0. The van der Waals surface area contributed by atoms with Gasteiger partial charge >= 0.3 is 0 Å². The number of benzene rings is 1. The van der Waals surface area contributed by atoms with Crippen LogP contribution in [0.3, 0.4) is 0 Å². The van der Waals surface area contributed by atoms with Crippen LogP contribution in [0.1, 0.15) is 18.4 Å². The van der Waals surface area contributed by atoms with E-state index in [-0.39, 0.29) is 11.3 Å². The Bertz CT molecular complexity index is 517. The molecule has 1 aromatic carbocycles. The molecule has 20 heavy (non-hydrogen) atoms. The second-order valence-electron chi connectivity index (χ2n) is 5.50. The number of rotatable bonds is 3. The van der Waals surface area contributed by atoms with Gasteiger partial charge in [-0.05, 0) is 51.0 Å². The Morgan fingerprint density at radius 2 is 1.95 bits per heavy atom. The third-order valence-corrected chi connectivity index (χ3v) is 3.96. The minimum Gasteiger partial charge on any atom is -0.372 e. The summed E-state index contributed by atoms with van der Waals surface area (Å²) in [5, 5.41) is 8.68. The van der Waals surface area contributed by atoms with Crippen molar-refractivity contribution in [1.29, 1.82) is 5.26 Å². The van der Waals surface area contributed by atoms with Crippen LogP contribution in [0.25, 0.3) is 0 Å². The van der Waals surface area contributed by atoms with Crippen LogP contribution in [0, 0.1) is 28.9 Å². The summed E-state index contributed by atoms with van der Waals surface area (Å²) in [5.74, 6) is -1.49. The summed E-state index contributed by atoms with van der Waals surface area (Å²) in [4.78, 5) is 4.02. The molecule has 1 fully saturated rings. The third kappa shape index (κ3) is 3.07. The summed E-state index contributed by atoms with van der Waals surface area (Å²) >= 11 is 0. The molecule has 5 heteroatoms. The molecule has 1 saturated heterocycles. The molecule has 3 nitrogen and oxygen atoms in total. The Labute approximate surface area is 118 Å². The Hall–Kier alpha value is -1.67. The lowest BCUT2D eigenvalue weighted by molar-refractivity contribution is 0.222. The normalized spacial score (nSPS) is 16.9. The van der Waals surface area contributed by atoms with Crippen molar-refractivity contribution < 1.29 is 8.78 Å². The van der Waals surface area contributed by atoms with E-state index in [1.54, 1.807) is 18.0 Å². The second kappa shape index (κ2) is 6.19. The molecule has 0 bridgehead atoms. The quantitative estimate of drug-likeness (QED) is 0.852. The minimum absolute atomic E-state index is 0.223. The molecular formula is C15H19F2N3. The van der Waals surface area contributed by atoms with Crippen LogP contribution in [0.4, 0.5) is 14.5 Å². The van der Waals surface area contributed by atoms with E-state index >= 15 is 0 Å². The molecule has 0 radical (unpaired) electrons. The van der Waals surface area contributed by atoms with E-state index in [0.717, 1.165) is 25.9 Å². The molecule has 0 saturated carbocycles. The fraction of sp³-hybridized carbons (Fsp3) is 0.533. The van der Waals surface area contributed by atoms with E-state index in [2.05, 4.69) is 11.9 Å². The lowest BCUT2D eigenvalue weighted by Gasteiger charge is -2.32. The lowest BCUT2D eigenvalue weighted by Crippen LogP contribution is -2.36. The molecule has 0 aromatic heterocycles. The maximum atomic E-state index is 13.9. The molecule has 108 valence electrons. The summed E-state index contributed by atoms with van der Waals surface area (Å²) in [6, 6.07) is 4.46. The number of nitrogens with zero attached hydrogens (tertiary/aromatic N) is 3. The first-order chi connectivity index (χ1) is 9.52. The van der Waals surface area contributed by atoms with Crippen LogP contribution >= 0.6 is 0 Å². The maximum Gasteiger partial charge on any atom is 0.183 e. The van der Waals surface area contributed by atoms with Crippen molar-refractivity contribution in [2.45, 2.75) is 12.8 Å². The van der Waals surface area contributed by atoms with Gasteiger partial charge in [-0.15, -0.1) is 0 Å². The van der Waals surface area contributed by atoms with Crippen molar-refractivity contribution in [3.8, 4) is 6.07 Å². The SMILES string of the molecule is CN1CCC(CN(C)c2ccc(C#N)c(F)c2F)CC1. The molecular weight excluding hydrogens is 260 g/mol. The summed E-state index contributed by atoms with van der Waals surface area (Å²) in [6.07, 6.45) is 2.14. The van der Waals surface area contributed by atoms with Gasteiger partial charge in [-0.25, -0.2) is 8.78 Å². The van der Waals surface area contributed by atoms with Crippen molar-refractivity contribution >= 4 is 5.69 Å². The van der Waals surface area contributed by atoms with Gasteiger partial charge in [0.05, 0.1) is 11.3 Å². The second-order valence-corrected chi connectivity index (χ2v) is 5.50. The van der Waals surface area contributed by atoms with E-state index in [1.807, 2.05) is 0 Å². The van der Waals surface area contributed by atoms with Gasteiger partial charge in [0, 0.05) is 13.6 Å². The average molecular weight is 279 g/mol. The molecule has 0 aliphatic carbocycles. The highest BCUT2D eigenvalue weighted by atomic mass is 19.2. The van der Waals surface area contributed by atoms with Crippen LogP contribution in [0.5, 0.6) is 0 Å². The van der Waals surface area contributed by atoms with Crippen molar-refractivity contribution in [3.63, 3.8) is 0 Å². The predicted octanol–water partition coefficient (Wildman–Crippen LogP) is 2.61. The number of likely N-dealkylation sites (tertiary alicyclic amines) is 1. The van der Waals surface area contributed by atoms with E-state index < -0.39 is 11.6 Å². The van der Waals surface area contributed by atoms with Crippen LogP contribution in [0.2, 0.25) is 0 Å². The van der Waals surface area contributed by atoms with E-state index in [1.165, 1.54) is 12.1 Å². The molecule has 1 aliphatic heterocycles. The van der Waals surface area contributed by atoms with Gasteiger partial charge in [0.15, 0.2) is 11.6 Å². The number of nitriles is 1. The highest BCUT2D eigenvalue weighted by Gasteiger charge is 2.21. The van der Waals surface area contributed by atoms with Crippen molar-refractivity contribution in [1.82, 2.24) is 4.90 Å². The van der Waals surface area contributed by atoms with Gasteiger partial charge in [-0.3, -0.25) is 0 Å². The first-order valence-electron chi connectivity index (χ1n) is 6.80. The smallest absolute Gasteiger partial charge is 0.183 e. The van der Waals surface area contributed by atoms with E-state index in [0.29, 0.717) is 12.5 Å². The van der Waals surface area contributed by atoms with Gasteiger partial charge in [0.25, 0.3) is 0 Å².